The highest BCUT2D eigenvalue weighted by Crippen LogP contribution is 2.13. The van der Waals surface area contributed by atoms with Crippen molar-refractivity contribution in [3.8, 4) is 0 Å². The van der Waals surface area contributed by atoms with Crippen LogP contribution in [-0.2, 0) is 0 Å². The summed E-state index contributed by atoms with van der Waals surface area (Å²) in [7, 11) is 0. The van der Waals surface area contributed by atoms with Crippen molar-refractivity contribution in [2.45, 2.75) is 26.3 Å². The van der Waals surface area contributed by atoms with Gasteiger partial charge in [0.2, 0.25) is 5.95 Å². The molecule has 2 rings (SSSR count). The summed E-state index contributed by atoms with van der Waals surface area (Å²) in [5, 5.41) is 11.4. The summed E-state index contributed by atoms with van der Waals surface area (Å²) in [6, 6.07) is 7.86. The number of hydrogen-bond donors (Lipinski definition) is 1. The van der Waals surface area contributed by atoms with Crippen molar-refractivity contribution in [1.82, 2.24) is 15.2 Å². The van der Waals surface area contributed by atoms with E-state index in [0.29, 0.717) is 17.7 Å². The molecule has 96 valence electrons. The third-order valence-corrected chi connectivity index (χ3v) is 3.01. The number of alkyl halides is 1. The summed E-state index contributed by atoms with van der Waals surface area (Å²) in [4.78, 5) is 4.43. The molecule has 4 nitrogen and oxygen atoms in total. The number of nitrogens with zero attached hydrogens (tertiary/aromatic N) is 3. The number of aromatic nitrogens is 3. The molecular weight excluding hydrogens is 248 g/mol. The van der Waals surface area contributed by atoms with Crippen LogP contribution in [0.15, 0.2) is 24.3 Å². The average molecular weight is 265 g/mol. The Labute approximate surface area is 112 Å². The summed E-state index contributed by atoms with van der Waals surface area (Å²) in [6.45, 7) is 4.33. The molecule has 1 heterocycles. The molecule has 5 heteroatoms. The molecule has 0 bridgehead atoms. The molecule has 0 aliphatic rings. The summed E-state index contributed by atoms with van der Waals surface area (Å²) in [5.74, 6) is 1.66. The average Bonchev–Trinajstić information content (AvgIpc) is 2.37. The van der Waals surface area contributed by atoms with Gasteiger partial charge in [-0.15, -0.1) is 21.8 Å². The Bertz CT molecular complexity index is 515. The van der Waals surface area contributed by atoms with Crippen LogP contribution < -0.4 is 5.32 Å². The number of para-hydroxylation sites is 1. The number of halogens is 1. The van der Waals surface area contributed by atoms with Crippen LogP contribution in [0.4, 0.5) is 5.95 Å². The van der Waals surface area contributed by atoms with E-state index in [9.17, 15) is 0 Å². The Morgan fingerprint density at radius 3 is 2.56 bits per heavy atom. The summed E-state index contributed by atoms with van der Waals surface area (Å²) >= 11 is 5.94. The van der Waals surface area contributed by atoms with Crippen LogP contribution in [0.2, 0.25) is 0 Å². The quantitative estimate of drug-likeness (QED) is 0.843. The van der Waals surface area contributed by atoms with Gasteiger partial charge in [0.1, 0.15) is 5.52 Å². The van der Waals surface area contributed by atoms with Gasteiger partial charge in [0.05, 0.1) is 5.52 Å². The first-order valence-electron chi connectivity index (χ1n) is 6.11. The summed E-state index contributed by atoms with van der Waals surface area (Å²) in [5.41, 5.74) is 1.64. The highest BCUT2D eigenvalue weighted by atomic mass is 35.5. The Balaban J connectivity index is 2.15. The van der Waals surface area contributed by atoms with Crippen molar-refractivity contribution in [3.63, 3.8) is 0 Å². The molecule has 0 saturated carbocycles. The number of nitrogens with one attached hydrogen (secondary N) is 1. The van der Waals surface area contributed by atoms with Crippen LogP contribution in [0.5, 0.6) is 0 Å². The van der Waals surface area contributed by atoms with Gasteiger partial charge in [0.15, 0.2) is 0 Å². The summed E-state index contributed by atoms with van der Waals surface area (Å²) < 4.78 is 0. The van der Waals surface area contributed by atoms with E-state index in [1.807, 2.05) is 24.3 Å². The minimum absolute atomic E-state index is 0.176. The Kier molecular flexibility index (Phi) is 4.31. The van der Waals surface area contributed by atoms with Gasteiger partial charge < -0.3 is 5.32 Å². The summed E-state index contributed by atoms with van der Waals surface area (Å²) in [6.07, 6.45) is 0.986. The maximum absolute atomic E-state index is 5.94. The highest BCUT2D eigenvalue weighted by molar-refractivity contribution is 6.18. The van der Waals surface area contributed by atoms with Crippen molar-refractivity contribution in [3.05, 3.63) is 24.3 Å². The molecule has 0 fully saturated rings. The van der Waals surface area contributed by atoms with Crippen molar-refractivity contribution >= 4 is 28.6 Å². The molecular formula is C13H17ClN4. The first kappa shape index (κ1) is 13.0. The van der Waals surface area contributed by atoms with Crippen LogP contribution in [0.3, 0.4) is 0 Å². The zero-order valence-electron chi connectivity index (χ0n) is 10.6. The molecule has 2 aromatic rings. The second kappa shape index (κ2) is 5.96. The van der Waals surface area contributed by atoms with Gasteiger partial charge in [0, 0.05) is 11.9 Å². The van der Waals surface area contributed by atoms with Gasteiger partial charge in [0.25, 0.3) is 0 Å². The molecule has 1 aromatic carbocycles. The molecule has 0 radical (unpaired) electrons. The first-order chi connectivity index (χ1) is 8.69. The maximum Gasteiger partial charge on any atom is 0.243 e. The van der Waals surface area contributed by atoms with Gasteiger partial charge in [-0.3, -0.25) is 0 Å². The van der Waals surface area contributed by atoms with E-state index >= 15 is 0 Å². The Morgan fingerprint density at radius 1 is 1.17 bits per heavy atom. The van der Waals surface area contributed by atoms with E-state index in [4.69, 9.17) is 11.6 Å². The molecule has 0 spiro atoms. The number of rotatable bonds is 5. The molecule has 1 unspecified atom stereocenters. The van der Waals surface area contributed by atoms with Crippen molar-refractivity contribution in [2.24, 2.45) is 5.92 Å². The van der Waals surface area contributed by atoms with E-state index in [1.165, 1.54) is 0 Å². The van der Waals surface area contributed by atoms with E-state index < -0.39 is 0 Å². The third kappa shape index (κ3) is 3.29. The van der Waals surface area contributed by atoms with Crippen molar-refractivity contribution in [2.75, 3.05) is 11.2 Å². The van der Waals surface area contributed by atoms with E-state index in [2.05, 4.69) is 34.3 Å². The van der Waals surface area contributed by atoms with Crippen molar-refractivity contribution < 1.29 is 0 Å². The second-order valence-corrected chi connectivity index (χ2v) is 5.06. The number of hydrogen-bond acceptors (Lipinski definition) is 4. The molecule has 1 N–H and O–H groups in total. The van der Waals surface area contributed by atoms with E-state index in [1.54, 1.807) is 0 Å². The lowest BCUT2D eigenvalue weighted by Crippen LogP contribution is -2.24. The second-order valence-electron chi connectivity index (χ2n) is 4.75. The zero-order chi connectivity index (χ0) is 13.0. The number of anilines is 1. The normalized spacial score (nSPS) is 12.9. The predicted octanol–water partition coefficient (Wildman–Crippen LogP) is 3.09. The maximum atomic E-state index is 5.94. The molecule has 1 atom stereocenters. The fourth-order valence-corrected chi connectivity index (χ4v) is 2.06. The standard InChI is InChI=1S/C13H17ClN4/c1-9(2)7-10(8-14)15-13-16-11-5-3-4-6-12(11)17-18-13/h3-6,9-10H,7-8H2,1-2H3,(H,15,16,18). The molecule has 18 heavy (non-hydrogen) atoms. The van der Waals surface area contributed by atoms with Gasteiger partial charge in [-0.25, -0.2) is 4.98 Å². The lowest BCUT2D eigenvalue weighted by molar-refractivity contribution is 0.540. The van der Waals surface area contributed by atoms with E-state index in [0.717, 1.165) is 17.5 Å². The molecule has 0 aliphatic carbocycles. The van der Waals surface area contributed by atoms with Crippen LogP contribution in [0, 0.1) is 5.92 Å². The molecule has 0 aliphatic heterocycles. The largest absolute Gasteiger partial charge is 0.349 e. The lowest BCUT2D eigenvalue weighted by Gasteiger charge is -2.17. The first-order valence-corrected chi connectivity index (χ1v) is 6.64. The molecule has 1 aromatic heterocycles. The third-order valence-electron chi connectivity index (χ3n) is 2.64. The smallest absolute Gasteiger partial charge is 0.243 e. The fourth-order valence-electron chi connectivity index (χ4n) is 1.85. The van der Waals surface area contributed by atoms with Gasteiger partial charge in [-0.1, -0.05) is 26.0 Å². The molecule has 0 saturated heterocycles. The minimum Gasteiger partial charge on any atom is -0.349 e. The SMILES string of the molecule is CC(C)CC(CCl)Nc1nnc2ccccc2n1. The van der Waals surface area contributed by atoms with Crippen LogP contribution in [0.25, 0.3) is 11.0 Å². The topological polar surface area (TPSA) is 50.7 Å². The van der Waals surface area contributed by atoms with Crippen LogP contribution >= 0.6 is 11.6 Å². The monoisotopic (exact) mass is 264 g/mol. The molecule has 0 amide bonds. The zero-order valence-corrected chi connectivity index (χ0v) is 11.4. The minimum atomic E-state index is 0.176. The van der Waals surface area contributed by atoms with Gasteiger partial charge in [-0.2, -0.15) is 0 Å². The Hall–Kier alpha value is -1.42. The van der Waals surface area contributed by atoms with Gasteiger partial charge >= 0.3 is 0 Å². The van der Waals surface area contributed by atoms with E-state index in [-0.39, 0.29) is 6.04 Å². The van der Waals surface area contributed by atoms with Crippen LogP contribution in [-0.4, -0.2) is 27.1 Å². The predicted molar refractivity (Wildman–Crippen MR) is 74.9 cm³/mol. The van der Waals surface area contributed by atoms with Crippen LogP contribution in [0.1, 0.15) is 20.3 Å². The lowest BCUT2D eigenvalue weighted by atomic mass is 10.1. The number of benzene rings is 1. The Morgan fingerprint density at radius 2 is 1.89 bits per heavy atom. The van der Waals surface area contributed by atoms with Gasteiger partial charge in [-0.05, 0) is 24.5 Å². The number of fused-ring (bicyclic) bond motifs is 1. The highest BCUT2D eigenvalue weighted by Gasteiger charge is 2.11. The van der Waals surface area contributed by atoms with Crippen molar-refractivity contribution in [1.29, 1.82) is 0 Å². The fraction of sp³-hybridized carbons (Fsp3) is 0.462.